The highest BCUT2D eigenvalue weighted by Crippen LogP contribution is 2.36. The molecule has 1 aromatic rings. The first-order valence-electron chi connectivity index (χ1n) is 6.13. The van der Waals surface area contributed by atoms with Gasteiger partial charge in [0, 0.05) is 0 Å². The number of rotatable bonds is 5. The van der Waals surface area contributed by atoms with Crippen LogP contribution in [-0.2, 0) is 18.8 Å². The van der Waals surface area contributed by atoms with Gasteiger partial charge in [0.05, 0.1) is 11.1 Å². The van der Waals surface area contributed by atoms with E-state index < -0.39 is 23.5 Å². The largest absolute Gasteiger partial charge is 0.416 e. The standard InChI is InChI=1S/C13H15F6N/c14-12(15,16)10-6-9(4-2-1-3-5-20)7-11(8-10)13(17,18)19/h6-8H,1-5,20H2. The fourth-order valence-electron chi connectivity index (χ4n) is 1.81. The van der Waals surface area contributed by atoms with E-state index in [4.69, 9.17) is 5.73 Å². The van der Waals surface area contributed by atoms with Crippen molar-refractivity contribution in [2.24, 2.45) is 5.73 Å². The number of hydrogen-bond donors (Lipinski definition) is 1. The van der Waals surface area contributed by atoms with Crippen LogP contribution in [0.25, 0.3) is 0 Å². The van der Waals surface area contributed by atoms with Gasteiger partial charge in [0.25, 0.3) is 0 Å². The fourth-order valence-corrected chi connectivity index (χ4v) is 1.81. The molecular formula is C13H15F6N. The first-order chi connectivity index (χ1) is 9.14. The van der Waals surface area contributed by atoms with Crippen LogP contribution in [0.5, 0.6) is 0 Å². The Morgan fingerprint density at radius 2 is 1.25 bits per heavy atom. The summed E-state index contributed by atoms with van der Waals surface area (Å²) in [5, 5.41) is 0. The van der Waals surface area contributed by atoms with Crippen molar-refractivity contribution in [3.63, 3.8) is 0 Å². The first-order valence-corrected chi connectivity index (χ1v) is 6.13. The predicted octanol–water partition coefficient (Wildman–Crippen LogP) is 4.40. The zero-order valence-electron chi connectivity index (χ0n) is 10.6. The quantitative estimate of drug-likeness (QED) is 0.633. The molecule has 114 valence electrons. The van der Waals surface area contributed by atoms with E-state index in [-0.39, 0.29) is 18.1 Å². The van der Waals surface area contributed by atoms with Gasteiger partial charge >= 0.3 is 12.4 Å². The average Bonchev–Trinajstić information content (AvgIpc) is 2.32. The van der Waals surface area contributed by atoms with E-state index in [9.17, 15) is 26.3 Å². The Labute approximate surface area is 112 Å². The number of aryl methyl sites for hydroxylation is 1. The summed E-state index contributed by atoms with van der Waals surface area (Å²) in [7, 11) is 0. The van der Waals surface area contributed by atoms with Crippen molar-refractivity contribution >= 4 is 0 Å². The highest BCUT2D eigenvalue weighted by molar-refractivity contribution is 5.33. The molecule has 0 aromatic heterocycles. The number of nitrogens with two attached hydrogens (primary N) is 1. The molecule has 0 aliphatic heterocycles. The summed E-state index contributed by atoms with van der Waals surface area (Å²) in [6.45, 7) is 0.455. The maximum absolute atomic E-state index is 12.6. The van der Waals surface area contributed by atoms with E-state index in [2.05, 4.69) is 0 Å². The van der Waals surface area contributed by atoms with Crippen molar-refractivity contribution < 1.29 is 26.3 Å². The van der Waals surface area contributed by atoms with Crippen LogP contribution in [0.3, 0.4) is 0 Å². The molecule has 0 spiro atoms. The van der Waals surface area contributed by atoms with Gasteiger partial charge in [0.1, 0.15) is 0 Å². The van der Waals surface area contributed by atoms with Gasteiger partial charge in [0.15, 0.2) is 0 Å². The SMILES string of the molecule is NCCCCCc1cc(C(F)(F)F)cc(C(F)(F)F)c1. The van der Waals surface area contributed by atoms with Crippen molar-refractivity contribution in [2.75, 3.05) is 6.54 Å². The van der Waals surface area contributed by atoms with E-state index >= 15 is 0 Å². The average molecular weight is 299 g/mol. The highest BCUT2D eigenvalue weighted by atomic mass is 19.4. The summed E-state index contributed by atoms with van der Waals surface area (Å²) in [5.41, 5.74) is 2.79. The van der Waals surface area contributed by atoms with Crippen molar-refractivity contribution in [3.8, 4) is 0 Å². The lowest BCUT2D eigenvalue weighted by Crippen LogP contribution is -2.11. The Bertz CT molecular complexity index is 403. The maximum Gasteiger partial charge on any atom is 0.416 e. The minimum atomic E-state index is -4.78. The monoisotopic (exact) mass is 299 g/mol. The molecular weight excluding hydrogens is 284 g/mol. The number of hydrogen-bond acceptors (Lipinski definition) is 1. The zero-order valence-corrected chi connectivity index (χ0v) is 10.6. The van der Waals surface area contributed by atoms with Gasteiger partial charge in [-0.05, 0) is 49.6 Å². The lowest BCUT2D eigenvalue weighted by atomic mass is 10.0. The summed E-state index contributed by atoms with van der Waals surface area (Å²) in [5.74, 6) is 0. The molecule has 0 unspecified atom stereocenters. The number of unbranched alkanes of at least 4 members (excludes halogenated alkanes) is 2. The summed E-state index contributed by atoms with van der Waals surface area (Å²) >= 11 is 0. The predicted molar refractivity (Wildman–Crippen MR) is 63.1 cm³/mol. The molecule has 0 aliphatic carbocycles. The molecule has 0 bridgehead atoms. The third-order valence-corrected chi connectivity index (χ3v) is 2.82. The first kappa shape index (κ1) is 16.8. The number of benzene rings is 1. The maximum atomic E-state index is 12.6. The van der Waals surface area contributed by atoms with Crippen LogP contribution in [0.1, 0.15) is 36.0 Å². The molecule has 0 radical (unpaired) electrons. The van der Waals surface area contributed by atoms with Crippen LogP contribution in [-0.4, -0.2) is 6.54 Å². The summed E-state index contributed by atoms with van der Waals surface area (Å²) < 4.78 is 75.6. The molecule has 1 nitrogen and oxygen atoms in total. The second-order valence-corrected chi connectivity index (χ2v) is 4.51. The van der Waals surface area contributed by atoms with Crippen LogP contribution in [0, 0.1) is 0 Å². The van der Waals surface area contributed by atoms with E-state index in [1.54, 1.807) is 0 Å². The molecule has 0 fully saturated rings. The molecule has 2 N–H and O–H groups in total. The molecule has 0 aliphatic rings. The Morgan fingerprint density at radius 1 is 0.750 bits per heavy atom. The Kier molecular flexibility index (Phi) is 5.44. The van der Waals surface area contributed by atoms with E-state index in [0.717, 1.165) is 12.1 Å². The molecule has 0 saturated carbocycles. The molecule has 1 aromatic carbocycles. The molecule has 1 rings (SSSR count). The van der Waals surface area contributed by atoms with E-state index in [1.807, 2.05) is 0 Å². The molecule has 0 atom stereocenters. The van der Waals surface area contributed by atoms with Gasteiger partial charge in [0.2, 0.25) is 0 Å². The lowest BCUT2D eigenvalue weighted by molar-refractivity contribution is -0.143. The Balaban J connectivity index is 2.99. The molecule has 7 heteroatoms. The molecule has 0 amide bonds. The second-order valence-electron chi connectivity index (χ2n) is 4.51. The molecule has 0 heterocycles. The third kappa shape index (κ3) is 5.03. The normalized spacial score (nSPS) is 12.8. The number of alkyl halides is 6. The van der Waals surface area contributed by atoms with Gasteiger partial charge in [-0.3, -0.25) is 0 Å². The van der Waals surface area contributed by atoms with Gasteiger partial charge in [-0.2, -0.15) is 26.3 Å². The zero-order chi connectivity index (χ0) is 15.4. The van der Waals surface area contributed by atoms with Crippen LogP contribution in [0.4, 0.5) is 26.3 Å². The van der Waals surface area contributed by atoms with Crippen LogP contribution < -0.4 is 5.73 Å². The second kappa shape index (κ2) is 6.47. The van der Waals surface area contributed by atoms with Crippen molar-refractivity contribution in [3.05, 3.63) is 34.9 Å². The van der Waals surface area contributed by atoms with E-state index in [0.29, 0.717) is 25.8 Å². The van der Waals surface area contributed by atoms with Crippen molar-refractivity contribution in [1.82, 2.24) is 0 Å². The van der Waals surface area contributed by atoms with Gasteiger partial charge < -0.3 is 5.73 Å². The Hall–Kier alpha value is -1.24. The topological polar surface area (TPSA) is 26.0 Å². The third-order valence-electron chi connectivity index (χ3n) is 2.82. The summed E-state index contributed by atoms with van der Waals surface area (Å²) in [6, 6.07) is 1.69. The van der Waals surface area contributed by atoms with Crippen LogP contribution in [0.15, 0.2) is 18.2 Å². The minimum absolute atomic E-state index is 0.0455. The lowest BCUT2D eigenvalue weighted by Gasteiger charge is -2.14. The van der Waals surface area contributed by atoms with Gasteiger partial charge in [-0.25, -0.2) is 0 Å². The highest BCUT2D eigenvalue weighted by Gasteiger charge is 2.36. The summed E-state index contributed by atoms with van der Waals surface area (Å²) in [6.07, 6.45) is -7.51. The van der Waals surface area contributed by atoms with E-state index in [1.165, 1.54) is 0 Å². The smallest absolute Gasteiger partial charge is 0.330 e. The number of halogens is 6. The van der Waals surface area contributed by atoms with Crippen molar-refractivity contribution in [1.29, 1.82) is 0 Å². The van der Waals surface area contributed by atoms with Crippen LogP contribution >= 0.6 is 0 Å². The fraction of sp³-hybridized carbons (Fsp3) is 0.538. The minimum Gasteiger partial charge on any atom is -0.330 e. The van der Waals surface area contributed by atoms with Crippen molar-refractivity contribution in [2.45, 2.75) is 38.0 Å². The molecule has 20 heavy (non-hydrogen) atoms. The van der Waals surface area contributed by atoms with Crippen LogP contribution in [0.2, 0.25) is 0 Å². The van der Waals surface area contributed by atoms with Gasteiger partial charge in [-0.15, -0.1) is 0 Å². The molecule has 0 saturated heterocycles. The summed E-state index contributed by atoms with van der Waals surface area (Å²) in [4.78, 5) is 0. The Morgan fingerprint density at radius 3 is 1.65 bits per heavy atom. The van der Waals surface area contributed by atoms with Gasteiger partial charge in [-0.1, -0.05) is 6.42 Å².